The lowest BCUT2D eigenvalue weighted by atomic mass is 10.1. The lowest BCUT2D eigenvalue weighted by molar-refractivity contribution is 0.236. The Labute approximate surface area is 135 Å². The van der Waals surface area contributed by atoms with Crippen LogP contribution in [0.3, 0.4) is 0 Å². The molecule has 2 aromatic heterocycles. The number of thiophene rings is 1. The van der Waals surface area contributed by atoms with Crippen LogP contribution >= 0.6 is 11.3 Å². The maximum Gasteiger partial charge on any atom is 0.141 e. The van der Waals surface area contributed by atoms with E-state index in [9.17, 15) is 10.2 Å². The van der Waals surface area contributed by atoms with Crippen LogP contribution in [0.15, 0.2) is 17.6 Å². The number of aromatic hydroxyl groups is 1. The van der Waals surface area contributed by atoms with Gasteiger partial charge in [-0.3, -0.25) is 9.88 Å². The third kappa shape index (κ3) is 3.16. The van der Waals surface area contributed by atoms with Crippen LogP contribution in [0.2, 0.25) is 0 Å². The van der Waals surface area contributed by atoms with Gasteiger partial charge < -0.3 is 10.2 Å². The van der Waals surface area contributed by atoms with E-state index in [4.69, 9.17) is 0 Å². The van der Waals surface area contributed by atoms with E-state index in [2.05, 4.69) is 28.3 Å². The van der Waals surface area contributed by atoms with E-state index in [-0.39, 0.29) is 12.4 Å². The molecule has 3 rings (SSSR count). The molecule has 0 unspecified atom stereocenters. The summed E-state index contributed by atoms with van der Waals surface area (Å²) in [6.45, 7) is 5.41. The monoisotopic (exact) mass is 318 g/mol. The van der Waals surface area contributed by atoms with Gasteiger partial charge in [-0.2, -0.15) is 0 Å². The van der Waals surface area contributed by atoms with E-state index < -0.39 is 0 Å². The summed E-state index contributed by atoms with van der Waals surface area (Å²) < 4.78 is 0. The summed E-state index contributed by atoms with van der Waals surface area (Å²) in [6.07, 6.45) is 4.10. The van der Waals surface area contributed by atoms with Crippen molar-refractivity contribution in [2.24, 2.45) is 0 Å². The molecule has 1 fully saturated rings. The average Bonchev–Trinajstić information content (AvgIpc) is 3.28. The SMILES string of the molecule is Cc1ccsc1CN(Cc1c(CO)cnc(C)c1O)C1CC1. The first-order chi connectivity index (χ1) is 10.6. The first kappa shape index (κ1) is 15.5. The van der Waals surface area contributed by atoms with Crippen molar-refractivity contribution in [3.8, 4) is 5.75 Å². The molecule has 1 saturated carbocycles. The number of aliphatic hydroxyl groups is 1. The number of nitrogens with zero attached hydrogens (tertiary/aromatic N) is 2. The van der Waals surface area contributed by atoms with Gasteiger partial charge in [-0.1, -0.05) is 0 Å². The maximum absolute atomic E-state index is 10.3. The van der Waals surface area contributed by atoms with Crippen molar-refractivity contribution in [3.63, 3.8) is 0 Å². The molecule has 0 amide bonds. The number of aromatic nitrogens is 1. The number of aryl methyl sites for hydroxylation is 2. The molecule has 0 spiro atoms. The van der Waals surface area contributed by atoms with Crippen molar-refractivity contribution in [1.29, 1.82) is 0 Å². The Morgan fingerprint density at radius 3 is 2.68 bits per heavy atom. The minimum atomic E-state index is -0.0906. The Bertz CT molecular complexity index is 665. The Morgan fingerprint density at radius 1 is 1.32 bits per heavy atom. The van der Waals surface area contributed by atoms with Crippen LogP contribution < -0.4 is 0 Å². The zero-order valence-electron chi connectivity index (χ0n) is 13.0. The zero-order chi connectivity index (χ0) is 15.7. The highest BCUT2D eigenvalue weighted by molar-refractivity contribution is 7.10. The van der Waals surface area contributed by atoms with Gasteiger partial charge in [-0.15, -0.1) is 11.3 Å². The molecule has 22 heavy (non-hydrogen) atoms. The van der Waals surface area contributed by atoms with Crippen LogP contribution in [0.4, 0.5) is 0 Å². The van der Waals surface area contributed by atoms with Crippen molar-refractivity contribution >= 4 is 11.3 Å². The highest BCUT2D eigenvalue weighted by atomic mass is 32.1. The molecule has 1 aliphatic rings. The van der Waals surface area contributed by atoms with Crippen molar-refractivity contribution in [1.82, 2.24) is 9.88 Å². The van der Waals surface area contributed by atoms with Crippen molar-refractivity contribution in [3.05, 3.63) is 44.9 Å². The molecule has 0 aliphatic heterocycles. The topological polar surface area (TPSA) is 56.6 Å². The number of aliphatic hydroxyl groups excluding tert-OH is 1. The predicted molar refractivity (Wildman–Crippen MR) is 87.9 cm³/mol. The summed E-state index contributed by atoms with van der Waals surface area (Å²) in [5.41, 5.74) is 3.48. The number of pyridine rings is 1. The van der Waals surface area contributed by atoms with Gasteiger partial charge in [-0.05, 0) is 43.7 Å². The second-order valence-electron chi connectivity index (χ2n) is 6.02. The van der Waals surface area contributed by atoms with Crippen LogP contribution in [0.25, 0.3) is 0 Å². The lowest BCUT2D eigenvalue weighted by Gasteiger charge is -2.24. The third-order valence-corrected chi connectivity index (χ3v) is 5.35. The van der Waals surface area contributed by atoms with E-state index in [1.807, 2.05) is 0 Å². The standard InChI is InChI=1S/C17H22N2O2S/c1-11-5-6-22-16(11)9-19(14-3-4-14)8-15-13(10-20)7-18-12(2)17(15)21/h5-7,14,20-21H,3-4,8-10H2,1-2H3. The molecular weight excluding hydrogens is 296 g/mol. The lowest BCUT2D eigenvalue weighted by Crippen LogP contribution is -2.25. The van der Waals surface area contributed by atoms with Gasteiger partial charge in [0.05, 0.1) is 12.3 Å². The van der Waals surface area contributed by atoms with Crippen LogP contribution in [-0.4, -0.2) is 26.1 Å². The Kier molecular flexibility index (Phi) is 4.47. The van der Waals surface area contributed by atoms with E-state index in [0.29, 0.717) is 18.3 Å². The van der Waals surface area contributed by atoms with Crippen LogP contribution in [0.1, 0.15) is 40.1 Å². The third-order valence-electron chi connectivity index (χ3n) is 4.34. The normalized spacial score (nSPS) is 14.7. The molecule has 0 radical (unpaired) electrons. The van der Waals surface area contributed by atoms with E-state index in [0.717, 1.165) is 17.7 Å². The van der Waals surface area contributed by atoms with Crippen molar-refractivity contribution in [2.75, 3.05) is 0 Å². The Balaban J connectivity index is 1.85. The molecule has 2 N–H and O–H groups in total. The second-order valence-corrected chi connectivity index (χ2v) is 7.02. The van der Waals surface area contributed by atoms with Gasteiger partial charge in [0, 0.05) is 41.3 Å². The second kappa shape index (κ2) is 6.36. The fraction of sp³-hybridized carbons (Fsp3) is 0.471. The fourth-order valence-corrected chi connectivity index (χ4v) is 3.64. The molecule has 5 heteroatoms. The maximum atomic E-state index is 10.3. The molecular formula is C17H22N2O2S. The Hall–Kier alpha value is -1.43. The van der Waals surface area contributed by atoms with Gasteiger partial charge in [0.2, 0.25) is 0 Å². The van der Waals surface area contributed by atoms with Gasteiger partial charge in [0.15, 0.2) is 0 Å². The first-order valence-corrected chi connectivity index (χ1v) is 8.52. The van der Waals surface area contributed by atoms with Gasteiger partial charge in [0.1, 0.15) is 5.75 Å². The zero-order valence-corrected chi connectivity index (χ0v) is 13.9. The molecule has 118 valence electrons. The highest BCUT2D eigenvalue weighted by Crippen LogP contribution is 2.34. The number of hydrogen-bond acceptors (Lipinski definition) is 5. The molecule has 0 bridgehead atoms. The minimum Gasteiger partial charge on any atom is -0.506 e. The van der Waals surface area contributed by atoms with E-state index in [1.165, 1.54) is 23.3 Å². The number of hydrogen-bond donors (Lipinski definition) is 2. The van der Waals surface area contributed by atoms with Crippen LogP contribution in [0, 0.1) is 13.8 Å². The molecule has 2 aromatic rings. The van der Waals surface area contributed by atoms with Crippen LogP contribution in [0.5, 0.6) is 5.75 Å². The van der Waals surface area contributed by atoms with Gasteiger partial charge in [0.25, 0.3) is 0 Å². The molecule has 0 saturated heterocycles. The summed E-state index contributed by atoms with van der Waals surface area (Å²) in [6, 6.07) is 2.74. The quantitative estimate of drug-likeness (QED) is 0.859. The Morgan fingerprint density at radius 2 is 2.09 bits per heavy atom. The minimum absolute atomic E-state index is 0.0906. The molecule has 4 nitrogen and oxygen atoms in total. The average molecular weight is 318 g/mol. The summed E-state index contributed by atoms with van der Waals surface area (Å²) in [4.78, 5) is 7.93. The summed E-state index contributed by atoms with van der Waals surface area (Å²) in [7, 11) is 0. The molecule has 0 aromatic carbocycles. The van der Waals surface area contributed by atoms with Crippen molar-refractivity contribution < 1.29 is 10.2 Å². The van der Waals surface area contributed by atoms with Crippen LogP contribution in [-0.2, 0) is 19.7 Å². The number of rotatable bonds is 6. The van der Waals surface area contributed by atoms with Gasteiger partial charge >= 0.3 is 0 Å². The summed E-state index contributed by atoms with van der Waals surface area (Å²) in [5.74, 6) is 0.222. The summed E-state index contributed by atoms with van der Waals surface area (Å²) in [5, 5.41) is 22.0. The largest absolute Gasteiger partial charge is 0.506 e. The first-order valence-electron chi connectivity index (χ1n) is 7.64. The smallest absolute Gasteiger partial charge is 0.141 e. The van der Waals surface area contributed by atoms with E-state index in [1.54, 1.807) is 24.5 Å². The van der Waals surface area contributed by atoms with E-state index >= 15 is 0 Å². The molecule has 1 aliphatic carbocycles. The fourth-order valence-electron chi connectivity index (χ4n) is 2.70. The highest BCUT2D eigenvalue weighted by Gasteiger charge is 2.30. The molecule has 2 heterocycles. The van der Waals surface area contributed by atoms with Gasteiger partial charge in [-0.25, -0.2) is 0 Å². The molecule has 0 atom stereocenters. The van der Waals surface area contributed by atoms with Crippen molar-refractivity contribution in [2.45, 2.75) is 52.4 Å². The summed E-state index contributed by atoms with van der Waals surface area (Å²) >= 11 is 1.79. The predicted octanol–water partition coefficient (Wildman–Crippen LogP) is 3.12.